The molecule has 1 aromatic rings. The van der Waals surface area contributed by atoms with E-state index in [1.165, 1.54) is 6.20 Å². The molecule has 0 bridgehead atoms. The minimum Gasteiger partial charge on any atom is -0.389 e. The number of amides is 1. The third kappa shape index (κ3) is 3.24. The number of rotatable bonds is 4. The average molecular weight is 265 g/mol. The van der Waals surface area contributed by atoms with E-state index in [9.17, 15) is 4.79 Å². The second-order valence-electron chi connectivity index (χ2n) is 4.14. The maximum atomic E-state index is 11.8. The van der Waals surface area contributed by atoms with Crippen molar-refractivity contribution in [1.82, 2.24) is 10.3 Å². The van der Waals surface area contributed by atoms with Crippen LogP contribution in [0.4, 0.5) is 0 Å². The monoisotopic (exact) mass is 265 g/mol. The summed E-state index contributed by atoms with van der Waals surface area (Å²) in [4.78, 5) is 16.1. The van der Waals surface area contributed by atoms with Gasteiger partial charge in [-0.25, -0.2) is 0 Å². The number of nitrogens with one attached hydrogen (secondary N) is 1. The van der Waals surface area contributed by atoms with Gasteiger partial charge in [0.05, 0.1) is 6.10 Å². The van der Waals surface area contributed by atoms with Gasteiger partial charge in [0, 0.05) is 24.9 Å². The molecular weight excluding hydrogens is 250 g/mol. The van der Waals surface area contributed by atoms with E-state index in [-0.39, 0.29) is 17.0 Å². The van der Waals surface area contributed by atoms with Crippen LogP contribution < -0.4 is 11.1 Å². The Morgan fingerprint density at radius 2 is 2.44 bits per heavy atom. The molecule has 1 unspecified atom stereocenters. The molecule has 6 heteroatoms. The first-order valence-corrected chi connectivity index (χ1v) is 6.23. The number of carbonyl (C=O) groups excluding carboxylic acids is 1. The smallest absolute Gasteiger partial charge is 0.269 e. The number of nitrogens with zero attached hydrogens (tertiary/aromatic N) is 1. The van der Waals surface area contributed by atoms with Gasteiger partial charge >= 0.3 is 0 Å². The zero-order valence-electron chi connectivity index (χ0n) is 9.89. The molecule has 0 aliphatic carbocycles. The second kappa shape index (κ2) is 5.88. The van der Waals surface area contributed by atoms with Crippen molar-refractivity contribution in [2.24, 2.45) is 5.73 Å². The summed E-state index contributed by atoms with van der Waals surface area (Å²) in [7, 11) is 0. The predicted octanol–water partition coefficient (Wildman–Crippen LogP) is 0.625. The van der Waals surface area contributed by atoms with E-state index in [2.05, 4.69) is 10.3 Å². The van der Waals surface area contributed by atoms with Crippen LogP contribution in [-0.2, 0) is 4.74 Å². The zero-order valence-corrected chi connectivity index (χ0v) is 10.7. The Bertz CT molecular complexity index is 441. The van der Waals surface area contributed by atoms with Gasteiger partial charge in [-0.2, -0.15) is 0 Å². The van der Waals surface area contributed by atoms with Crippen LogP contribution in [0, 0.1) is 0 Å². The molecule has 1 amide bonds. The predicted molar refractivity (Wildman–Crippen MR) is 71.4 cm³/mol. The Morgan fingerprint density at radius 3 is 3.00 bits per heavy atom. The van der Waals surface area contributed by atoms with E-state index >= 15 is 0 Å². The van der Waals surface area contributed by atoms with Crippen molar-refractivity contribution in [1.29, 1.82) is 0 Å². The zero-order chi connectivity index (χ0) is 13.0. The van der Waals surface area contributed by atoms with Crippen LogP contribution in [0.5, 0.6) is 0 Å². The maximum Gasteiger partial charge on any atom is 0.269 e. The SMILES string of the molecule is NC(=S)c1ccc(C(=O)NCC2CCCO2)nc1. The van der Waals surface area contributed by atoms with Crippen molar-refractivity contribution in [2.45, 2.75) is 18.9 Å². The summed E-state index contributed by atoms with van der Waals surface area (Å²) in [6, 6.07) is 3.30. The normalized spacial score (nSPS) is 18.6. The van der Waals surface area contributed by atoms with Crippen molar-refractivity contribution in [2.75, 3.05) is 13.2 Å². The highest BCUT2D eigenvalue weighted by Gasteiger charge is 2.17. The summed E-state index contributed by atoms with van der Waals surface area (Å²) in [5.74, 6) is -0.208. The summed E-state index contributed by atoms with van der Waals surface area (Å²) in [5, 5.41) is 2.80. The molecule has 2 heterocycles. The third-order valence-electron chi connectivity index (χ3n) is 2.79. The fourth-order valence-electron chi connectivity index (χ4n) is 1.78. The van der Waals surface area contributed by atoms with Gasteiger partial charge in [0.1, 0.15) is 10.7 Å². The largest absolute Gasteiger partial charge is 0.389 e. The molecular formula is C12H15N3O2S. The van der Waals surface area contributed by atoms with Crippen molar-refractivity contribution in [3.8, 4) is 0 Å². The van der Waals surface area contributed by atoms with Crippen LogP contribution in [0.3, 0.4) is 0 Å². The highest BCUT2D eigenvalue weighted by atomic mass is 32.1. The highest BCUT2D eigenvalue weighted by Crippen LogP contribution is 2.10. The molecule has 18 heavy (non-hydrogen) atoms. The van der Waals surface area contributed by atoms with Gasteiger partial charge in [-0.15, -0.1) is 0 Å². The van der Waals surface area contributed by atoms with Gasteiger partial charge in [0.25, 0.3) is 5.91 Å². The molecule has 1 saturated heterocycles. The second-order valence-corrected chi connectivity index (χ2v) is 4.58. The summed E-state index contributed by atoms with van der Waals surface area (Å²) < 4.78 is 5.42. The summed E-state index contributed by atoms with van der Waals surface area (Å²) >= 11 is 4.82. The Hall–Kier alpha value is -1.53. The van der Waals surface area contributed by atoms with Crippen molar-refractivity contribution < 1.29 is 9.53 Å². The van der Waals surface area contributed by atoms with Gasteiger partial charge in [-0.05, 0) is 25.0 Å². The lowest BCUT2D eigenvalue weighted by atomic mass is 10.2. The summed E-state index contributed by atoms with van der Waals surface area (Å²) in [6.07, 6.45) is 3.68. The van der Waals surface area contributed by atoms with Crippen LogP contribution in [0.2, 0.25) is 0 Å². The van der Waals surface area contributed by atoms with Gasteiger partial charge < -0.3 is 15.8 Å². The number of ether oxygens (including phenoxy) is 1. The molecule has 2 rings (SSSR count). The molecule has 1 fully saturated rings. The molecule has 96 valence electrons. The molecule has 0 spiro atoms. The summed E-state index contributed by atoms with van der Waals surface area (Å²) in [5.41, 5.74) is 6.46. The fraction of sp³-hybridized carbons (Fsp3) is 0.417. The Labute approximate surface area is 111 Å². The molecule has 1 atom stereocenters. The molecule has 0 radical (unpaired) electrons. The van der Waals surface area contributed by atoms with Crippen LogP contribution in [0.1, 0.15) is 28.9 Å². The van der Waals surface area contributed by atoms with Gasteiger partial charge in [0.2, 0.25) is 0 Å². The van der Waals surface area contributed by atoms with E-state index in [1.807, 2.05) is 0 Å². The van der Waals surface area contributed by atoms with E-state index in [0.29, 0.717) is 17.8 Å². The quantitative estimate of drug-likeness (QED) is 0.781. The van der Waals surface area contributed by atoms with E-state index < -0.39 is 0 Å². The number of aromatic nitrogens is 1. The Balaban J connectivity index is 1.89. The first-order valence-electron chi connectivity index (χ1n) is 5.82. The van der Waals surface area contributed by atoms with Gasteiger partial charge in [-0.3, -0.25) is 9.78 Å². The number of hydrogen-bond donors (Lipinski definition) is 2. The molecule has 3 N–H and O–H groups in total. The van der Waals surface area contributed by atoms with Crippen LogP contribution in [-0.4, -0.2) is 35.1 Å². The minimum atomic E-state index is -0.208. The van der Waals surface area contributed by atoms with E-state index in [4.69, 9.17) is 22.7 Å². The first-order chi connectivity index (χ1) is 8.66. The average Bonchev–Trinajstić information content (AvgIpc) is 2.89. The molecule has 1 aromatic heterocycles. The summed E-state index contributed by atoms with van der Waals surface area (Å²) in [6.45, 7) is 1.30. The fourth-order valence-corrected chi connectivity index (χ4v) is 1.90. The number of pyridine rings is 1. The number of nitrogens with two attached hydrogens (primary N) is 1. The van der Waals surface area contributed by atoms with Gasteiger partial charge in [0.15, 0.2) is 0 Å². The van der Waals surface area contributed by atoms with Crippen molar-refractivity contribution >= 4 is 23.1 Å². The lowest BCUT2D eigenvalue weighted by Crippen LogP contribution is -2.32. The molecule has 5 nitrogen and oxygen atoms in total. The lowest BCUT2D eigenvalue weighted by Gasteiger charge is -2.10. The first kappa shape index (κ1) is 12.9. The standard InChI is InChI=1S/C12H15N3O2S/c13-11(18)8-3-4-10(14-6-8)12(16)15-7-9-2-1-5-17-9/h3-4,6,9H,1-2,5,7H2,(H2,13,18)(H,15,16). The van der Waals surface area contributed by atoms with E-state index in [1.54, 1.807) is 12.1 Å². The van der Waals surface area contributed by atoms with E-state index in [0.717, 1.165) is 19.4 Å². The molecule has 1 aliphatic rings. The van der Waals surface area contributed by atoms with Crippen molar-refractivity contribution in [3.05, 3.63) is 29.6 Å². The maximum absolute atomic E-state index is 11.8. The topological polar surface area (TPSA) is 77.2 Å². The van der Waals surface area contributed by atoms with Crippen LogP contribution in [0.15, 0.2) is 18.3 Å². The van der Waals surface area contributed by atoms with Crippen LogP contribution in [0.25, 0.3) is 0 Å². The van der Waals surface area contributed by atoms with Gasteiger partial charge in [-0.1, -0.05) is 12.2 Å². The molecule has 0 aromatic carbocycles. The number of thiocarbonyl (C=S) groups is 1. The Kier molecular flexibility index (Phi) is 4.22. The third-order valence-corrected chi connectivity index (χ3v) is 3.03. The number of carbonyl (C=O) groups is 1. The minimum absolute atomic E-state index is 0.129. The molecule has 0 saturated carbocycles. The molecule has 1 aliphatic heterocycles. The number of hydrogen-bond acceptors (Lipinski definition) is 4. The van der Waals surface area contributed by atoms with Crippen LogP contribution >= 0.6 is 12.2 Å². The highest BCUT2D eigenvalue weighted by molar-refractivity contribution is 7.80. The van der Waals surface area contributed by atoms with Crippen molar-refractivity contribution in [3.63, 3.8) is 0 Å². The Morgan fingerprint density at radius 1 is 1.61 bits per heavy atom. The lowest BCUT2D eigenvalue weighted by molar-refractivity contribution is 0.0853.